The van der Waals surface area contributed by atoms with Crippen LogP contribution in [-0.4, -0.2) is 59.8 Å². The van der Waals surface area contributed by atoms with Crippen molar-refractivity contribution in [3.05, 3.63) is 17.5 Å². The first kappa shape index (κ1) is 13.5. The number of hydrogen-bond donors (Lipinski definition) is 2. The molecular formula is C12H18N4O3. The van der Waals surface area contributed by atoms with E-state index in [0.717, 1.165) is 12.1 Å². The molecular weight excluding hydrogens is 248 g/mol. The van der Waals surface area contributed by atoms with Gasteiger partial charge in [0.25, 0.3) is 5.91 Å². The lowest BCUT2D eigenvalue weighted by atomic mass is 10.3. The molecule has 1 aromatic rings. The number of morpholine rings is 1. The predicted molar refractivity (Wildman–Crippen MR) is 67.7 cm³/mol. The number of H-pyrrole nitrogens is 1. The van der Waals surface area contributed by atoms with Crippen LogP contribution in [0.25, 0.3) is 0 Å². The fourth-order valence-electron chi connectivity index (χ4n) is 1.83. The van der Waals surface area contributed by atoms with Gasteiger partial charge in [-0.15, -0.1) is 0 Å². The summed E-state index contributed by atoms with van der Waals surface area (Å²) in [6.07, 6.45) is 0.785. The lowest BCUT2D eigenvalue weighted by Crippen LogP contribution is -2.45. The minimum atomic E-state index is -0.336. The number of aryl methyl sites for hydroxylation is 1. The van der Waals surface area contributed by atoms with E-state index in [1.54, 1.807) is 11.0 Å². The molecule has 19 heavy (non-hydrogen) atoms. The van der Waals surface area contributed by atoms with Crippen LogP contribution in [0.15, 0.2) is 6.07 Å². The molecule has 104 valence electrons. The molecule has 0 atom stereocenters. The maximum atomic E-state index is 11.8. The van der Waals surface area contributed by atoms with Crippen molar-refractivity contribution in [1.82, 2.24) is 20.4 Å². The second-order valence-corrected chi connectivity index (χ2v) is 4.31. The normalized spacial score (nSPS) is 15.3. The zero-order valence-electron chi connectivity index (χ0n) is 10.9. The van der Waals surface area contributed by atoms with E-state index in [4.69, 9.17) is 4.74 Å². The first-order valence-electron chi connectivity index (χ1n) is 6.38. The van der Waals surface area contributed by atoms with Crippen LogP contribution < -0.4 is 5.32 Å². The lowest BCUT2D eigenvalue weighted by Gasteiger charge is -2.26. The van der Waals surface area contributed by atoms with Gasteiger partial charge in [0.1, 0.15) is 5.69 Å². The van der Waals surface area contributed by atoms with Gasteiger partial charge in [0, 0.05) is 18.8 Å². The number of hydrogen-bond acceptors (Lipinski definition) is 4. The molecule has 7 nitrogen and oxygen atoms in total. The molecule has 0 spiro atoms. The summed E-state index contributed by atoms with van der Waals surface area (Å²) >= 11 is 0. The van der Waals surface area contributed by atoms with Crippen LogP contribution >= 0.6 is 0 Å². The Hall–Kier alpha value is -1.89. The van der Waals surface area contributed by atoms with Crippen molar-refractivity contribution in [3.63, 3.8) is 0 Å². The molecule has 7 heteroatoms. The standard InChI is InChI=1S/C12H18N4O3/c1-2-9-7-10(15-14-9)12(18)13-8-11(17)16-3-5-19-6-4-16/h7H,2-6,8H2,1H3,(H,13,18)(H,14,15). The number of amides is 2. The van der Waals surface area contributed by atoms with E-state index in [-0.39, 0.29) is 18.4 Å². The van der Waals surface area contributed by atoms with Crippen molar-refractivity contribution in [2.75, 3.05) is 32.8 Å². The van der Waals surface area contributed by atoms with Crippen LogP contribution in [0.4, 0.5) is 0 Å². The summed E-state index contributed by atoms with van der Waals surface area (Å²) in [5.41, 5.74) is 1.20. The molecule has 0 saturated carbocycles. The first-order valence-corrected chi connectivity index (χ1v) is 6.38. The van der Waals surface area contributed by atoms with Gasteiger partial charge in [-0.25, -0.2) is 0 Å². The maximum absolute atomic E-state index is 11.8. The van der Waals surface area contributed by atoms with Gasteiger partial charge in [0.05, 0.1) is 19.8 Å². The van der Waals surface area contributed by atoms with Crippen LogP contribution in [-0.2, 0) is 16.0 Å². The lowest BCUT2D eigenvalue weighted by molar-refractivity contribution is -0.134. The van der Waals surface area contributed by atoms with Crippen LogP contribution in [0.1, 0.15) is 23.1 Å². The topological polar surface area (TPSA) is 87.3 Å². The third-order valence-corrected chi connectivity index (χ3v) is 3.01. The molecule has 2 N–H and O–H groups in total. The fourth-order valence-corrected chi connectivity index (χ4v) is 1.83. The minimum absolute atomic E-state index is 0.00679. The van der Waals surface area contributed by atoms with Crippen molar-refractivity contribution in [1.29, 1.82) is 0 Å². The quantitative estimate of drug-likeness (QED) is 0.773. The Balaban J connectivity index is 1.80. The fraction of sp³-hybridized carbons (Fsp3) is 0.583. The molecule has 2 rings (SSSR count). The number of aromatic nitrogens is 2. The van der Waals surface area contributed by atoms with Gasteiger partial charge in [-0.3, -0.25) is 14.7 Å². The number of aromatic amines is 1. The Labute approximate surface area is 111 Å². The van der Waals surface area contributed by atoms with Crippen LogP contribution in [0.3, 0.4) is 0 Å². The zero-order chi connectivity index (χ0) is 13.7. The minimum Gasteiger partial charge on any atom is -0.378 e. The summed E-state index contributed by atoms with van der Waals surface area (Å²) in [4.78, 5) is 25.3. The van der Waals surface area contributed by atoms with E-state index in [1.807, 2.05) is 6.92 Å². The molecule has 1 aliphatic rings. The average Bonchev–Trinajstić information content (AvgIpc) is 2.94. The van der Waals surface area contributed by atoms with Crippen molar-refractivity contribution in [2.45, 2.75) is 13.3 Å². The predicted octanol–water partition coefficient (Wildman–Crippen LogP) is -0.439. The Bertz CT molecular complexity index is 452. The van der Waals surface area contributed by atoms with Crippen molar-refractivity contribution in [2.24, 2.45) is 0 Å². The Morgan fingerprint density at radius 1 is 1.47 bits per heavy atom. The second kappa shape index (κ2) is 6.33. The Kier molecular flexibility index (Phi) is 4.51. The van der Waals surface area contributed by atoms with Gasteiger partial charge in [-0.05, 0) is 12.5 Å². The Morgan fingerprint density at radius 2 is 2.21 bits per heavy atom. The van der Waals surface area contributed by atoms with E-state index in [2.05, 4.69) is 15.5 Å². The van der Waals surface area contributed by atoms with Crippen LogP contribution in [0.2, 0.25) is 0 Å². The third-order valence-electron chi connectivity index (χ3n) is 3.01. The van der Waals surface area contributed by atoms with Gasteiger partial charge < -0.3 is 15.0 Å². The van der Waals surface area contributed by atoms with E-state index in [0.29, 0.717) is 32.0 Å². The molecule has 1 fully saturated rings. The van der Waals surface area contributed by atoms with Gasteiger partial charge in [0.15, 0.2) is 0 Å². The van der Waals surface area contributed by atoms with Crippen molar-refractivity contribution < 1.29 is 14.3 Å². The molecule has 0 aromatic carbocycles. The molecule has 1 saturated heterocycles. The highest BCUT2D eigenvalue weighted by atomic mass is 16.5. The van der Waals surface area contributed by atoms with Gasteiger partial charge in [-0.1, -0.05) is 6.92 Å². The molecule has 2 heterocycles. The number of carbonyl (C=O) groups is 2. The van der Waals surface area contributed by atoms with Gasteiger partial charge in [0.2, 0.25) is 5.91 Å². The summed E-state index contributed by atoms with van der Waals surface area (Å²) in [6.45, 7) is 4.23. The van der Waals surface area contributed by atoms with E-state index in [9.17, 15) is 9.59 Å². The van der Waals surface area contributed by atoms with E-state index < -0.39 is 0 Å². The van der Waals surface area contributed by atoms with Crippen LogP contribution in [0.5, 0.6) is 0 Å². The summed E-state index contributed by atoms with van der Waals surface area (Å²) in [5, 5.41) is 9.24. The summed E-state index contributed by atoms with van der Waals surface area (Å²) in [5.74, 6) is -0.430. The second-order valence-electron chi connectivity index (χ2n) is 4.31. The largest absolute Gasteiger partial charge is 0.378 e. The van der Waals surface area contributed by atoms with E-state index in [1.165, 1.54) is 0 Å². The smallest absolute Gasteiger partial charge is 0.272 e. The number of rotatable bonds is 4. The van der Waals surface area contributed by atoms with Crippen molar-refractivity contribution >= 4 is 11.8 Å². The molecule has 1 aromatic heterocycles. The molecule has 0 bridgehead atoms. The van der Waals surface area contributed by atoms with Gasteiger partial charge >= 0.3 is 0 Å². The summed E-state index contributed by atoms with van der Waals surface area (Å²) in [7, 11) is 0. The van der Waals surface area contributed by atoms with Crippen LogP contribution in [0, 0.1) is 0 Å². The zero-order valence-corrected chi connectivity index (χ0v) is 10.9. The Morgan fingerprint density at radius 3 is 2.84 bits per heavy atom. The SMILES string of the molecule is CCc1cc(C(=O)NCC(=O)N2CCOCC2)n[nH]1. The number of nitrogens with one attached hydrogen (secondary N) is 2. The number of carbonyl (C=O) groups excluding carboxylic acids is 2. The number of nitrogens with zero attached hydrogens (tertiary/aromatic N) is 2. The molecule has 0 aliphatic carbocycles. The molecule has 0 radical (unpaired) electrons. The van der Waals surface area contributed by atoms with E-state index >= 15 is 0 Å². The highest BCUT2D eigenvalue weighted by Gasteiger charge is 2.18. The number of ether oxygens (including phenoxy) is 1. The molecule has 2 amide bonds. The van der Waals surface area contributed by atoms with Crippen molar-refractivity contribution in [3.8, 4) is 0 Å². The third kappa shape index (κ3) is 3.54. The average molecular weight is 266 g/mol. The highest BCUT2D eigenvalue weighted by Crippen LogP contribution is 2.00. The first-order chi connectivity index (χ1) is 9.20. The summed E-state index contributed by atoms with van der Waals surface area (Å²) in [6, 6.07) is 1.69. The van der Waals surface area contributed by atoms with Gasteiger partial charge in [-0.2, -0.15) is 5.10 Å². The molecule has 0 unspecified atom stereocenters. The maximum Gasteiger partial charge on any atom is 0.272 e. The monoisotopic (exact) mass is 266 g/mol. The highest BCUT2D eigenvalue weighted by molar-refractivity contribution is 5.94. The molecule has 1 aliphatic heterocycles. The summed E-state index contributed by atoms with van der Waals surface area (Å²) < 4.78 is 5.16.